The first-order valence-corrected chi connectivity index (χ1v) is 10.2. The maximum atomic E-state index is 12.3. The Hall–Kier alpha value is -3.11. The van der Waals surface area contributed by atoms with Crippen molar-refractivity contribution in [2.45, 2.75) is 12.8 Å². The summed E-state index contributed by atoms with van der Waals surface area (Å²) in [7, 11) is 0. The van der Waals surface area contributed by atoms with Gasteiger partial charge in [0, 0.05) is 57.6 Å². The number of nitriles is 1. The fourth-order valence-corrected chi connectivity index (χ4v) is 3.97. The van der Waals surface area contributed by atoms with E-state index in [0.29, 0.717) is 17.7 Å². The van der Waals surface area contributed by atoms with Crippen molar-refractivity contribution >= 4 is 17.4 Å². The number of benzene rings is 1. The van der Waals surface area contributed by atoms with Gasteiger partial charge in [0.1, 0.15) is 0 Å². The van der Waals surface area contributed by atoms with Gasteiger partial charge >= 0.3 is 0 Å². The smallest absolute Gasteiger partial charge is 0.251 e. The molecule has 1 amide bonds. The summed E-state index contributed by atoms with van der Waals surface area (Å²) in [5.41, 5.74) is 3.60. The molecule has 0 aliphatic carbocycles. The Balaban J connectivity index is 1.25. The topological polar surface area (TPSA) is 84.3 Å². The van der Waals surface area contributed by atoms with E-state index in [1.54, 1.807) is 24.3 Å². The summed E-state index contributed by atoms with van der Waals surface area (Å²) >= 11 is 0. The van der Waals surface area contributed by atoms with Crippen molar-refractivity contribution in [3.63, 3.8) is 0 Å². The molecule has 2 aliphatic heterocycles. The monoisotopic (exact) mass is 390 g/mol. The van der Waals surface area contributed by atoms with E-state index in [1.807, 2.05) is 6.20 Å². The molecule has 3 heterocycles. The van der Waals surface area contributed by atoms with Crippen molar-refractivity contribution in [3.05, 3.63) is 53.2 Å². The summed E-state index contributed by atoms with van der Waals surface area (Å²) in [6.45, 7) is 6.19. The molecule has 1 aromatic heterocycles. The lowest BCUT2D eigenvalue weighted by molar-refractivity contribution is 0.0947. The van der Waals surface area contributed by atoms with Crippen LogP contribution in [0.15, 0.2) is 36.5 Å². The zero-order valence-electron chi connectivity index (χ0n) is 16.5. The van der Waals surface area contributed by atoms with Crippen LogP contribution in [0.2, 0.25) is 0 Å². The highest BCUT2D eigenvalue weighted by molar-refractivity contribution is 5.94. The van der Waals surface area contributed by atoms with Crippen molar-refractivity contribution in [2.24, 2.45) is 0 Å². The minimum absolute atomic E-state index is 0.132. The standard InChI is InChI=1S/C22H26N6O/c23-16-17-3-1-4-19(15-17)22(29)26-9-10-27-11-13-28(14-12-27)21-20-18(6-8-25-21)5-2-7-24-20/h1,3-4,6,8,15,24H,2,5,7,9-14H2,(H,26,29). The number of amides is 1. The van der Waals surface area contributed by atoms with Crippen LogP contribution in [0.4, 0.5) is 11.5 Å². The first-order chi connectivity index (χ1) is 14.2. The molecule has 1 aromatic carbocycles. The zero-order chi connectivity index (χ0) is 20.1. The van der Waals surface area contributed by atoms with Crippen LogP contribution in [0, 0.1) is 11.3 Å². The maximum absolute atomic E-state index is 12.3. The second kappa shape index (κ2) is 8.93. The van der Waals surface area contributed by atoms with Crippen LogP contribution < -0.4 is 15.5 Å². The van der Waals surface area contributed by atoms with Gasteiger partial charge in [0.05, 0.1) is 17.3 Å². The Morgan fingerprint density at radius 1 is 1.24 bits per heavy atom. The number of aromatic nitrogens is 1. The van der Waals surface area contributed by atoms with Gasteiger partial charge in [-0.3, -0.25) is 9.69 Å². The first kappa shape index (κ1) is 19.2. The van der Waals surface area contributed by atoms with Crippen LogP contribution in [0.1, 0.15) is 27.9 Å². The number of nitrogens with zero attached hydrogens (tertiary/aromatic N) is 4. The fraction of sp³-hybridized carbons (Fsp3) is 0.409. The average molecular weight is 390 g/mol. The number of pyridine rings is 1. The minimum atomic E-state index is -0.132. The molecular weight excluding hydrogens is 364 g/mol. The molecule has 1 fully saturated rings. The molecule has 29 heavy (non-hydrogen) atoms. The second-order valence-corrected chi connectivity index (χ2v) is 7.48. The molecule has 150 valence electrons. The van der Waals surface area contributed by atoms with Crippen molar-refractivity contribution in [1.82, 2.24) is 15.2 Å². The third kappa shape index (κ3) is 4.49. The predicted octanol–water partition coefficient (Wildman–Crippen LogP) is 1.86. The molecule has 0 spiro atoms. The Morgan fingerprint density at radius 2 is 2.10 bits per heavy atom. The quantitative estimate of drug-likeness (QED) is 0.811. The molecule has 0 atom stereocenters. The summed E-state index contributed by atoms with van der Waals surface area (Å²) in [6.07, 6.45) is 4.22. The zero-order valence-corrected chi connectivity index (χ0v) is 16.5. The molecule has 7 nitrogen and oxygen atoms in total. The number of nitrogens with one attached hydrogen (secondary N) is 2. The summed E-state index contributed by atoms with van der Waals surface area (Å²) in [4.78, 5) is 21.6. The van der Waals surface area contributed by atoms with Gasteiger partial charge in [0.15, 0.2) is 5.82 Å². The van der Waals surface area contributed by atoms with Crippen LogP contribution in [-0.2, 0) is 6.42 Å². The molecule has 0 bridgehead atoms. The molecule has 4 rings (SSSR count). The number of rotatable bonds is 5. The number of anilines is 2. The third-order valence-corrected chi connectivity index (χ3v) is 5.58. The largest absolute Gasteiger partial charge is 0.382 e. The van der Waals surface area contributed by atoms with Gasteiger partial charge in [-0.05, 0) is 42.7 Å². The molecule has 0 radical (unpaired) electrons. The van der Waals surface area contributed by atoms with Gasteiger partial charge in [0.25, 0.3) is 5.91 Å². The van der Waals surface area contributed by atoms with E-state index in [-0.39, 0.29) is 5.91 Å². The van der Waals surface area contributed by atoms with Crippen molar-refractivity contribution < 1.29 is 4.79 Å². The Kier molecular flexibility index (Phi) is 5.92. The number of hydrogen-bond acceptors (Lipinski definition) is 6. The van der Waals surface area contributed by atoms with Gasteiger partial charge in [-0.25, -0.2) is 4.98 Å². The Labute approximate surface area is 171 Å². The lowest BCUT2D eigenvalue weighted by Gasteiger charge is -2.37. The van der Waals surface area contributed by atoms with Crippen LogP contribution in [0.3, 0.4) is 0 Å². The summed E-state index contributed by atoms with van der Waals surface area (Å²) in [5.74, 6) is 0.944. The summed E-state index contributed by atoms with van der Waals surface area (Å²) < 4.78 is 0. The van der Waals surface area contributed by atoms with E-state index in [0.717, 1.165) is 51.5 Å². The van der Waals surface area contributed by atoms with E-state index in [4.69, 9.17) is 5.26 Å². The number of carbonyl (C=O) groups excluding carboxylic acids is 1. The number of fused-ring (bicyclic) bond motifs is 1. The van der Waals surface area contributed by atoms with Gasteiger partial charge in [0.2, 0.25) is 0 Å². The van der Waals surface area contributed by atoms with E-state index in [9.17, 15) is 4.79 Å². The minimum Gasteiger partial charge on any atom is -0.382 e. The molecule has 2 N–H and O–H groups in total. The van der Waals surface area contributed by atoms with Gasteiger partial charge in [-0.15, -0.1) is 0 Å². The van der Waals surface area contributed by atoms with Crippen LogP contribution in [-0.4, -0.2) is 61.6 Å². The highest BCUT2D eigenvalue weighted by Crippen LogP contribution is 2.31. The number of hydrogen-bond donors (Lipinski definition) is 2. The summed E-state index contributed by atoms with van der Waals surface area (Å²) in [6, 6.07) is 11.0. The van der Waals surface area contributed by atoms with Gasteiger partial charge in [-0.1, -0.05) is 6.07 Å². The van der Waals surface area contributed by atoms with Crippen LogP contribution in [0.25, 0.3) is 0 Å². The number of aryl methyl sites for hydroxylation is 1. The van der Waals surface area contributed by atoms with Gasteiger partial charge < -0.3 is 15.5 Å². The predicted molar refractivity (Wildman–Crippen MR) is 113 cm³/mol. The normalized spacial score (nSPS) is 16.4. The fourth-order valence-electron chi connectivity index (χ4n) is 3.97. The first-order valence-electron chi connectivity index (χ1n) is 10.2. The molecule has 0 saturated carbocycles. The SMILES string of the molecule is N#Cc1cccc(C(=O)NCCN2CCN(c3nccc4c3NCCC4)CC2)c1. The molecule has 2 aromatic rings. The highest BCUT2D eigenvalue weighted by atomic mass is 16.1. The molecule has 1 saturated heterocycles. The van der Waals surface area contributed by atoms with E-state index >= 15 is 0 Å². The Morgan fingerprint density at radius 3 is 2.93 bits per heavy atom. The molecule has 7 heteroatoms. The van der Waals surface area contributed by atoms with E-state index in [2.05, 4.69) is 37.6 Å². The number of piperazine rings is 1. The van der Waals surface area contributed by atoms with Crippen molar-refractivity contribution in [2.75, 3.05) is 56.0 Å². The van der Waals surface area contributed by atoms with Crippen LogP contribution >= 0.6 is 0 Å². The van der Waals surface area contributed by atoms with Crippen molar-refractivity contribution in [1.29, 1.82) is 5.26 Å². The second-order valence-electron chi connectivity index (χ2n) is 7.48. The summed E-state index contributed by atoms with van der Waals surface area (Å²) in [5, 5.41) is 15.4. The average Bonchev–Trinajstić information content (AvgIpc) is 2.79. The molecule has 2 aliphatic rings. The number of carbonyl (C=O) groups is 1. The van der Waals surface area contributed by atoms with Crippen molar-refractivity contribution in [3.8, 4) is 6.07 Å². The molecular formula is C22H26N6O. The maximum Gasteiger partial charge on any atom is 0.251 e. The van der Waals surface area contributed by atoms with E-state index in [1.165, 1.54) is 17.7 Å². The molecule has 0 unspecified atom stereocenters. The Bertz CT molecular complexity index is 914. The van der Waals surface area contributed by atoms with E-state index < -0.39 is 0 Å². The third-order valence-electron chi connectivity index (χ3n) is 5.58. The highest BCUT2D eigenvalue weighted by Gasteiger charge is 2.22. The van der Waals surface area contributed by atoms with Crippen LogP contribution in [0.5, 0.6) is 0 Å². The lowest BCUT2D eigenvalue weighted by atomic mass is 10.0. The lowest BCUT2D eigenvalue weighted by Crippen LogP contribution is -2.49. The van der Waals surface area contributed by atoms with Gasteiger partial charge in [-0.2, -0.15) is 5.26 Å².